The zero-order valence-electron chi connectivity index (χ0n) is 19.0. The normalized spacial score (nSPS) is 20.5. The third kappa shape index (κ3) is 5.38. The lowest BCUT2D eigenvalue weighted by atomic mass is 9.89. The van der Waals surface area contributed by atoms with Gasteiger partial charge in [0.2, 0.25) is 15.9 Å². The molecular formula is C25H31FN2O4S. The van der Waals surface area contributed by atoms with Gasteiger partial charge in [-0.1, -0.05) is 30.3 Å². The third-order valence-electron chi connectivity index (χ3n) is 6.77. The highest BCUT2D eigenvalue weighted by atomic mass is 32.2. The summed E-state index contributed by atoms with van der Waals surface area (Å²) in [6, 6.07) is 13.9. The molecule has 33 heavy (non-hydrogen) atoms. The zero-order chi connectivity index (χ0) is 23.4. The molecule has 2 aliphatic heterocycles. The molecule has 8 heteroatoms. The Morgan fingerprint density at radius 1 is 1.06 bits per heavy atom. The molecule has 0 spiro atoms. The van der Waals surface area contributed by atoms with Crippen molar-refractivity contribution in [3.05, 3.63) is 59.9 Å². The van der Waals surface area contributed by atoms with Gasteiger partial charge in [0, 0.05) is 26.2 Å². The Kier molecular flexibility index (Phi) is 7.34. The number of hydrogen-bond donors (Lipinski definition) is 0. The summed E-state index contributed by atoms with van der Waals surface area (Å²) in [5.74, 6) is -0.333. The molecular weight excluding hydrogens is 443 g/mol. The van der Waals surface area contributed by atoms with Gasteiger partial charge in [0.15, 0.2) is 0 Å². The maximum atomic E-state index is 13.8. The summed E-state index contributed by atoms with van der Waals surface area (Å²) in [5.41, 5.74) is 1.32. The molecule has 2 heterocycles. The minimum Gasteiger partial charge on any atom is -0.495 e. The highest BCUT2D eigenvalue weighted by molar-refractivity contribution is 7.89. The number of nitrogens with zero attached hydrogens (tertiary/aromatic N) is 2. The maximum Gasteiger partial charge on any atom is 0.246 e. The molecule has 1 unspecified atom stereocenters. The van der Waals surface area contributed by atoms with E-state index in [1.54, 1.807) is 0 Å². The van der Waals surface area contributed by atoms with E-state index in [1.165, 1.54) is 29.1 Å². The molecule has 178 valence electrons. The summed E-state index contributed by atoms with van der Waals surface area (Å²) in [6.45, 7) is 1.84. The number of ether oxygens (including phenoxy) is 1. The van der Waals surface area contributed by atoms with E-state index in [-0.39, 0.29) is 29.0 Å². The fourth-order valence-corrected chi connectivity index (χ4v) is 6.61. The van der Waals surface area contributed by atoms with E-state index in [1.807, 2.05) is 11.0 Å². The van der Waals surface area contributed by atoms with E-state index >= 15 is 0 Å². The van der Waals surface area contributed by atoms with E-state index in [0.717, 1.165) is 25.3 Å². The van der Waals surface area contributed by atoms with Crippen molar-refractivity contribution in [2.45, 2.75) is 37.0 Å². The van der Waals surface area contributed by atoms with Crippen molar-refractivity contribution < 1.29 is 22.3 Å². The molecule has 2 saturated heterocycles. The first-order valence-corrected chi connectivity index (χ1v) is 13.0. The van der Waals surface area contributed by atoms with Gasteiger partial charge in [-0.15, -0.1) is 0 Å². The first-order valence-electron chi connectivity index (χ1n) is 11.5. The van der Waals surface area contributed by atoms with Crippen LogP contribution >= 0.6 is 0 Å². The molecule has 1 atom stereocenters. The first kappa shape index (κ1) is 23.7. The van der Waals surface area contributed by atoms with Crippen molar-refractivity contribution in [2.75, 3.05) is 33.3 Å². The zero-order valence-corrected chi connectivity index (χ0v) is 19.8. The van der Waals surface area contributed by atoms with Crippen LogP contribution in [0.5, 0.6) is 5.75 Å². The minimum absolute atomic E-state index is 0.0271. The van der Waals surface area contributed by atoms with Gasteiger partial charge in [-0.3, -0.25) is 4.79 Å². The molecule has 0 aromatic heterocycles. The number of carbonyl (C=O) groups is 1. The number of sulfonamides is 1. The van der Waals surface area contributed by atoms with Crippen molar-refractivity contribution in [3.8, 4) is 5.75 Å². The third-order valence-corrected chi connectivity index (χ3v) is 8.66. The predicted octanol–water partition coefficient (Wildman–Crippen LogP) is 3.72. The quantitative estimate of drug-likeness (QED) is 0.640. The molecule has 1 amide bonds. The maximum absolute atomic E-state index is 13.8. The van der Waals surface area contributed by atoms with Crippen molar-refractivity contribution in [1.29, 1.82) is 0 Å². The second kappa shape index (κ2) is 10.2. The van der Waals surface area contributed by atoms with E-state index in [0.29, 0.717) is 38.4 Å². The fraction of sp³-hybridized carbons (Fsp3) is 0.480. The Balaban J connectivity index is 1.38. The Bertz CT molecular complexity index is 1070. The summed E-state index contributed by atoms with van der Waals surface area (Å²) < 4.78 is 46.7. The lowest BCUT2D eigenvalue weighted by Crippen LogP contribution is -2.48. The van der Waals surface area contributed by atoms with Crippen LogP contribution in [0, 0.1) is 17.7 Å². The van der Waals surface area contributed by atoms with Crippen LogP contribution in [-0.2, 0) is 21.2 Å². The number of halogens is 1. The lowest BCUT2D eigenvalue weighted by Gasteiger charge is -2.37. The number of amides is 1. The van der Waals surface area contributed by atoms with Gasteiger partial charge in [0.05, 0.1) is 13.0 Å². The molecule has 2 aromatic carbocycles. The smallest absolute Gasteiger partial charge is 0.246 e. The summed E-state index contributed by atoms with van der Waals surface area (Å²) >= 11 is 0. The number of likely N-dealkylation sites (tertiary alicyclic amines) is 1. The Hall–Kier alpha value is -2.45. The molecule has 0 N–H and O–H groups in total. The average Bonchev–Trinajstić information content (AvgIpc) is 2.85. The van der Waals surface area contributed by atoms with Gasteiger partial charge < -0.3 is 9.64 Å². The van der Waals surface area contributed by atoms with Crippen LogP contribution in [0.1, 0.15) is 31.2 Å². The monoisotopic (exact) mass is 474 g/mol. The molecule has 6 nitrogen and oxygen atoms in total. The lowest BCUT2D eigenvalue weighted by molar-refractivity contribution is -0.138. The molecule has 2 aliphatic rings. The van der Waals surface area contributed by atoms with E-state index in [9.17, 15) is 17.6 Å². The van der Waals surface area contributed by atoms with Crippen molar-refractivity contribution in [3.63, 3.8) is 0 Å². The van der Waals surface area contributed by atoms with Crippen molar-refractivity contribution in [2.24, 2.45) is 11.8 Å². The van der Waals surface area contributed by atoms with Gasteiger partial charge in [-0.2, -0.15) is 4.31 Å². The van der Waals surface area contributed by atoms with Crippen molar-refractivity contribution in [1.82, 2.24) is 9.21 Å². The van der Waals surface area contributed by atoms with Crippen LogP contribution in [0.2, 0.25) is 0 Å². The molecule has 0 saturated carbocycles. The Morgan fingerprint density at radius 3 is 2.48 bits per heavy atom. The van der Waals surface area contributed by atoms with Crippen LogP contribution < -0.4 is 4.74 Å². The Morgan fingerprint density at radius 2 is 1.79 bits per heavy atom. The first-order chi connectivity index (χ1) is 15.9. The number of carbonyl (C=O) groups excluding carboxylic acids is 1. The highest BCUT2D eigenvalue weighted by Crippen LogP contribution is 2.31. The van der Waals surface area contributed by atoms with Crippen LogP contribution in [0.4, 0.5) is 4.39 Å². The predicted molar refractivity (Wildman–Crippen MR) is 124 cm³/mol. The van der Waals surface area contributed by atoms with Crippen LogP contribution in [0.25, 0.3) is 0 Å². The summed E-state index contributed by atoms with van der Waals surface area (Å²) in [4.78, 5) is 14.9. The summed E-state index contributed by atoms with van der Waals surface area (Å²) in [7, 11) is -2.61. The molecule has 0 aliphatic carbocycles. The fourth-order valence-electron chi connectivity index (χ4n) is 4.92. The number of benzene rings is 2. The number of methoxy groups -OCH3 is 1. The second-order valence-corrected chi connectivity index (χ2v) is 10.9. The molecule has 2 aromatic rings. The number of rotatable bonds is 6. The molecule has 0 bridgehead atoms. The van der Waals surface area contributed by atoms with Gasteiger partial charge >= 0.3 is 0 Å². The van der Waals surface area contributed by atoms with Crippen molar-refractivity contribution >= 4 is 15.9 Å². The van der Waals surface area contributed by atoms with Crippen LogP contribution in [0.3, 0.4) is 0 Å². The largest absolute Gasteiger partial charge is 0.495 e. The number of piperidine rings is 2. The van der Waals surface area contributed by atoms with Gasteiger partial charge in [0.25, 0.3) is 0 Å². The van der Waals surface area contributed by atoms with Gasteiger partial charge in [-0.25, -0.2) is 12.8 Å². The van der Waals surface area contributed by atoms with E-state index in [2.05, 4.69) is 24.3 Å². The van der Waals surface area contributed by atoms with Gasteiger partial charge in [-0.05, 0) is 61.8 Å². The second-order valence-electron chi connectivity index (χ2n) is 8.96. The molecule has 4 rings (SSSR count). The standard InChI is InChI=1S/C25H31FN2O4S/c1-32-23-10-9-22(26)17-24(23)33(30,31)28-13-5-8-21(18-28)25(29)27-14-11-20(12-15-27)16-19-6-3-2-4-7-19/h2-4,6-7,9-10,17,20-21H,5,8,11-16,18H2,1H3. The summed E-state index contributed by atoms with van der Waals surface area (Å²) in [6.07, 6.45) is 4.19. The number of hydrogen-bond acceptors (Lipinski definition) is 4. The summed E-state index contributed by atoms with van der Waals surface area (Å²) in [5, 5.41) is 0. The molecule has 0 radical (unpaired) electrons. The topological polar surface area (TPSA) is 66.9 Å². The SMILES string of the molecule is COc1ccc(F)cc1S(=O)(=O)N1CCCC(C(=O)N2CCC(Cc3ccccc3)CC2)C1. The van der Waals surface area contributed by atoms with Crippen LogP contribution in [0.15, 0.2) is 53.4 Å². The van der Waals surface area contributed by atoms with E-state index < -0.39 is 15.8 Å². The molecule has 2 fully saturated rings. The highest BCUT2D eigenvalue weighted by Gasteiger charge is 2.37. The van der Waals surface area contributed by atoms with Crippen LogP contribution in [-0.4, -0.2) is 56.8 Å². The Labute approximate surface area is 195 Å². The van der Waals surface area contributed by atoms with E-state index in [4.69, 9.17) is 4.74 Å². The van der Waals surface area contributed by atoms with Gasteiger partial charge in [0.1, 0.15) is 16.5 Å². The average molecular weight is 475 g/mol. The minimum atomic E-state index is -3.97.